The van der Waals surface area contributed by atoms with Gasteiger partial charge in [0.15, 0.2) is 11.8 Å². The van der Waals surface area contributed by atoms with Gasteiger partial charge in [-0.25, -0.2) is 4.79 Å². The van der Waals surface area contributed by atoms with Gasteiger partial charge in [0.05, 0.1) is 18.7 Å². The molecule has 0 bridgehead atoms. The van der Waals surface area contributed by atoms with Gasteiger partial charge < -0.3 is 30.1 Å². The average molecular weight is 456 g/mol. The van der Waals surface area contributed by atoms with Gasteiger partial charge in [-0.15, -0.1) is 0 Å². The van der Waals surface area contributed by atoms with Gasteiger partial charge in [-0.2, -0.15) is 0 Å². The van der Waals surface area contributed by atoms with Crippen molar-refractivity contribution in [2.24, 2.45) is 0 Å². The van der Waals surface area contributed by atoms with Crippen molar-refractivity contribution in [3.63, 3.8) is 0 Å². The normalized spacial score (nSPS) is 17.2. The van der Waals surface area contributed by atoms with Crippen molar-refractivity contribution in [2.75, 3.05) is 30.0 Å². The molecule has 0 aliphatic carbocycles. The van der Waals surface area contributed by atoms with E-state index in [1.807, 2.05) is 32.9 Å². The first-order valence-electron chi connectivity index (χ1n) is 10.8. The summed E-state index contributed by atoms with van der Waals surface area (Å²) in [6.45, 7) is 6.37. The molecule has 33 heavy (non-hydrogen) atoms. The van der Waals surface area contributed by atoms with Gasteiger partial charge in [-0.1, -0.05) is 35.9 Å². The van der Waals surface area contributed by atoms with E-state index in [2.05, 4.69) is 10.6 Å². The molecule has 3 rings (SSSR count). The second-order valence-electron chi connectivity index (χ2n) is 7.69. The number of carbonyl (C=O) groups is 3. The van der Waals surface area contributed by atoms with Gasteiger partial charge >= 0.3 is 12.0 Å². The van der Waals surface area contributed by atoms with E-state index in [0.29, 0.717) is 30.2 Å². The van der Waals surface area contributed by atoms with Crippen LogP contribution in [0.2, 0.25) is 0 Å². The zero-order valence-corrected chi connectivity index (χ0v) is 19.0. The molecule has 1 atom stereocenters. The number of nitrogens with one attached hydrogen (secondary N) is 2. The topological polar surface area (TPSA) is 117 Å². The van der Waals surface area contributed by atoms with Crippen LogP contribution in [-0.4, -0.2) is 49.1 Å². The molecule has 1 aliphatic heterocycles. The van der Waals surface area contributed by atoms with E-state index in [0.717, 1.165) is 5.56 Å². The summed E-state index contributed by atoms with van der Waals surface area (Å²) in [4.78, 5) is 39.9. The van der Waals surface area contributed by atoms with Crippen LogP contribution < -0.4 is 15.5 Å². The number of benzene rings is 2. The van der Waals surface area contributed by atoms with Crippen molar-refractivity contribution in [1.82, 2.24) is 5.32 Å². The third-order valence-corrected chi connectivity index (χ3v) is 5.35. The molecular formula is C24H29N3O6. The summed E-state index contributed by atoms with van der Waals surface area (Å²) in [5, 5.41) is 15.0. The molecule has 0 unspecified atom stereocenters. The quantitative estimate of drug-likeness (QED) is 0.474. The first kappa shape index (κ1) is 24.2. The number of rotatable bonds is 10. The molecular weight excluding hydrogens is 426 g/mol. The minimum absolute atomic E-state index is 0.0557. The maximum absolute atomic E-state index is 13.7. The molecule has 2 aromatic rings. The average Bonchev–Trinajstić information content (AvgIpc) is 2.98. The minimum atomic E-state index is -1.78. The number of hydrogen-bond acceptors (Lipinski definition) is 5. The van der Waals surface area contributed by atoms with Gasteiger partial charge in [0.25, 0.3) is 5.91 Å². The Bertz CT molecular complexity index is 1000. The molecule has 0 radical (unpaired) electrons. The van der Waals surface area contributed by atoms with E-state index >= 15 is 0 Å². The van der Waals surface area contributed by atoms with E-state index < -0.39 is 36.2 Å². The highest BCUT2D eigenvalue weighted by atomic mass is 16.7. The number of ether oxygens (including phenoxy) is 2. The number of anilines is 2. The van der Waals surface area contributed by atoms with E-state index in [9.17, 15) is 19.5 Å². The lowest BCUT2D eigenvalue weighted by atomic mass is 9.88. The summed E-state index contributed by atoms with van der Waals surface area (Å²) in [5.41, 5.74) is 0.677. The highest BCUT2D eigenvalue weighted by Gasteiger charge is 2.53. The Morgan fingerprint density at radius 2 is 1.70 bits per heavy atom. The van der Waals surface area contributed by atoms with Crippen LogP contribution >= 0.6 is 0 Å². The van der Waals surface area contributed by atoms with Gasteiger partial charge in [-0.3, -0.25) is 9.59 Å². The van der Waals surface area contributed by atoms with Crippen molar-refractivity contribution in [3.05, 3.63) is 59.7 Å². The number of aryl methyl sites for hydroxylation is 1. The number of carboxylic acid groups (broad SMARTS) is 1. The van der Waals surface area contributed by atoms with Gasteiger partial charge in [0.1, 0.15) is 0 Å². The zero-order chi connectivity index (χ0) is 24.0. The molecule has 0 spiro atoms. The molecule has 0 aromatic heterocycles. The predicted molar refractivity (Wildman–Crippen MR) is 123 cm³/mol. The molecule has 3 amide bonds. The molecule has 0 saturated carbocycles. The number of hydrogen-bond donors (Lipinski definition) is 3. The molecule has 0 fully saturated rings. The Hall–Kier alpha value is -3.43. The SMILES string of the molecule is CCOC(CN1C(=O)[C@@](CC(=O)O)(NC(=O)Nc2ccc(C)cc2)c2ccccc21)OCC. The number of nitrogens with zero attached hydrogens (tertiary/aromatic N) is 1. The first-order chi connectivity index (χ1) is 15.8. The number of amides is 3. The molecule has 176 valence electrons. The lowest BCUT2D eigenvalue weighted by Crippen LogP contribution is -2.56. The molecule has 2 aromatic carbocycles. The standard InChI is InChI=1S/C24H29N3O6/c1-4-32-21(33-5-2)15-27-19-9-7-6-8-18(19)24(22(27)30,14-20(28)29)26-23(31)25-17-12-10-16(3)11-13-17/h6-13,21H,4-5,14-15H2,1-3H3,(H,28,29)(H2,25,26,31)/t24-/m0/s1. The predicted octanol–water partition coefficient (Wildman–Crippen LogP) is 3.23. The molecule has 1 heterocycles. The van der Waals surface area contributed by atoms with Gasteiger partial charge in [-0.05, 0) is 39.0 Å². The van der Waals surface area contributed by atoms with Crippen molar-refractivity contribution >= 4 is 29.3 Å². The summed E-state index contributed by atoms with van der Waals surface area (Å²) in [7, 11) is 0. The summed E-state index contributed by atoms with van der Waals surface area (Å²) in [6.07, 6.45) is -1.31. The van der Waals surface area contributed by atoms with E-state index in [4.69, 9.17) is 9.47 Å². The molecule has 9 heteroatoms. The van der Waals surface area contributed by atoms with Crippen LogP contribution in [0.5, 0.6) is 0 Å². The van der Waals surface area contributed by atoms with Crippen LogP contribution in [0.1, 0.15) is 31.4 Å². The third-order valence-electron chi connectivity index (χ3n) is 5.35. The van der Waals surface area contributed by atoms with E-state index in [1.165, 1.54) is 4.90 Å². The molecule has 3 N–H and O–H groups in total. The van der Waals surface area contributed by atoms with Crippen LogP contribution in [0.3, 0.4) is 0 Å². The fourth-order valence-corrected chi connectivity index (χ4v) is 3.94. The van der Waals surface area contributed by atoms with Crippen LogP contribution in [0.4, 0.5) is 16.2 Å². The Morgan fingerprint density at radius 1 is 1.06 bits per heavy atom. The Kier molecular flexibility index (Phi) is 7.67. The van der Waals surface area contributed by atoms with Crippen LogP contribution in [0, 0.1) is 6.92 Å². The van der Waals surface area contributed by atoms with Crippen molar-refractivity contribution < 1.29 is 29.0 Å². The Morgan fingerprint density at radius 3 is 2.30 bits per heavy atom. The van der Waals surface area contributed by atoms with E-state index in [-0.39, 0.29) is 6.54 Å². The number of fused-ring (bicyclic) bond motifs is 1. The number of aliphatic carboxylic acids is 1. The van der Waals surface area contributed by atoms with Crippen molar-refractivity contribution in [1.29, 1.82) is 0 Å². The molecule has 0 saturated heterocycles. The zero-order valence-electron chi connectivity index (χ0n) is 19.0. The number of urea groups is 1. The van der Waals surface area contributed by atoms with Crippen molar-refractivity contribution in [3.8, 4) is 0 Å². The Labute approximate surface area is 192 Å². The maximum atomic E-state index is 13.7. The lowest BCUT2D eigenvalue weighted by molar-refractivity contribution is -0.143. The summed E-state index contributed by atoms with van der Waals surface area (Å²) >= 11 is 0. The number of carbonyl (C=O) groups excluding carboxylic acids is 2. The smallest absolute Gasteiger partial charge is 0.320 e. The fourth-order valence-electron chi connectivity index (χ4n) is 3.94. The fraction of sp³-hybridized carbons (Fsp3) is 0.375. The number of para-hydroxylation sites is 1. The largest absolute Gasteiger partial charge is 0.481 e. The molecule has 9 nitrogen and oxygen atoms in total. The third kappa shape index (κ3) is 5.32. The van der Waals surface area contributed by atoms with Crippen molar-refractivity contribution in [2.45, 2.75) is 39.0 Å². The van der Waals surface area contributed by atoms with Crippen LogP contribution in [-0.2, 0) is 24.6 Å². The molecule has 1 aliphatic rings. The summed E-state index contributed by atoms with van der Waals surface area (Å²) < 4.78 is 11.2. The lowest BCUT2D eigenvalue weighted by Gasteiger charge is -2.29. The van der Waals surface area contributed by atoms with Gasteiger partial charge in [0.2, 0.25) is 0 Å². The highest BCUT2D eigenvalue weighted by molar-refractivity contribution is 6.11. The first-order valence-corrected chi connectivity index (χ1v) is 10.8. The second kappa shape index (κ2) is 10.5. The maximum Gasteiger partial charge on any atom is 0.320 e. The number of carboxylic acids is 1. The van der Waals surface area contributed by atoms with Crippen LogP contribution in [0.25, 0.3) is 0 Å². The highest BCUT2D eigenvalue weighted by Crippen LogP contribution is 2.42. The van der Waals surface area contributed by atoms with Crippen LogP contribution in [0.15, 0.2) is 48.5 Å². The monoisotopic (exact) mass is 455 g/mol. The summed E-state index contributed by atoms with van der Waals surface area (Å²) in [5.74, 6) is -1.78. The summed E-state index contributed by atoms with van der Waals surface area (Å²) in [6, 6.07) is 13.3. The second-order valence-corrected chi connectivity index (χ2v) is 7.69. The van der Waals surface area contributed by atoms with E-state index in [1.54, 1.807) is 36.4 Å². The minimum Gasteiger partial charge on any atom is -0.481 e. The Balaban J connectivity index is 1.95. The van der Waals surface area contributed by atoms with Gasteiger partial charge in [0, 0.05) is 24.5 Å².